The highest BCUT2D eigenvalue weighted by molar-refractivity contribution is 7.23. The van der Waals surface area contributed by atoms with Gasteiger partial charge in [0.2, 0.25) is 0 Å². The first-order chi connectivity index (χ1) is 23.6. The van der Waals surface area contributed by atoms with Gasteiger partial charge in [-0.3, -0.25) is 4.90 Å². The first-order valence-corrected chi connectivity index (χ1v) is 17.0. The molecule has 254 valence electrons. The van der Waals surface area contributed by atoms with Crippen molar-refractivity contribution in [1.29, 1.82) is 5.26 Å². The highest BCUT2D eigenvalue weighted by atomic mass is 35.5. The van der Waals surface area contributed by atoms with Crippen molar-refractivity contribution in [2.45, 2.75) is 44.4 Å². The minimum absolute atomic E-state index is 0.0341. The molecule has 0 saturated carbocycles. The third-order valence-electron chi connectivity index (χ3n) is 9.42. The fraction of sp³-hybridized carbons (Fsp3) is 0.353. The van der Waals surface area contributed by atoms with Gasteiger partial charge in [0.05, 0.1) is 40.4 Å². The molecular formula is C34H32ClF3N8O2S. The Hall–Kier alpha value is -4.58. The van der Waals surface area contributed by atoms with Gasteiger partial charge in [-0.15, -0.1) is 11.3 Å². The predicted octanol–water partition coefficient (Wildman–Crippen LogP) is 7.04. The lowest BCUT2D eigenvalue weighted by atomic mass is 9.96. The highest BCUT2D eigenvalue weighted by Crippen LogP contribution is 2.51. The molecule has 3 aliphatic heterocycles. The molecule has 2 saturated heterocycles. The molecule has 3 aromatic heterocycles. The van der Waals surface area contributed by atoms with Crippen molar-refractivity contribution in [3.05, 3.63) is 58.2 Å². The molecule has 3 aliphatic rings. The zero-order valence-corrected chi connectivity index (χ0v) is 28.2. The Balaban J connectivity index is 0.000000361. The number of aromatic nitrogens is 3. The highest BCUT2D eigenvalue weighted by Gasteiger charge is 2.35. The van der Waals surface area contributed by atoms with Crippen LogP contribution in [0.5, 0.6) is 11.8 Å². The fourth-order valence-corrected chi connectivity index (χ4v) is 8.40. The Morgan fingerprint density at radius 1 is 1.18 bits per heavy atom. The predicted molar refractivity (Wildman–Crippen MR) is 185 cm³/mol. The van der Waals surface area contributed by atoms with Gasteiger partial charge in [-0.05, 0) is 50.4 Å². The van der Waals surface area contributed by atoms with E-state index < -0.39 is 17.8 Å². The van der Waals surface area contributed by atoms with Crippen LogP contribution in [0.15, 0.2) is 30.5 Å². The van der Waals surface area contributed by atoms with E-state index in [2.05, 4.69) is 19.9 Å². The van der Waals surface area contributed by atoms with Gasteiger partial charge in [-0.1, -0.05) is 23.7 Å². The van der Waals surface area contributed by atoms with E-state index >= 15 is 4.39 Å². The summed E-state index contributed by atoms with van der Waals surface area (Å²) in [6.45, 7) is 4.28. The standard InChI is InChI=1S/C27H20ClF2N7O2S.C7H12FN/c1-11(12-4-3-7-34-24(12)32)37-8-9-39-22-18-21(35-27(38-2)36-26(18)37)20(30)17(19(22)28)13-5-6-15(29)23-16(13)14(10-31)25(33)40-23;8-6-4-7-2-1-3-9(7)5-6/h3-7,11H,8-9,33H2,1-2H3,(H2,32,34);6-7H,1-5H2. The summed E-state index contributed by atoms with van der Waals surface area (Å²) in [6, 6.07) is 8.37. The molecule has 6 heterocycles. The summed E-state index contributed by atoms with van der Waals surface area (Å²) in [5.41, 5.74) is 12.9. The molecule has 2 aromatic carbocycles. The summed E-state index contributed by atoms with van der Waals surface area (Å²) in [5, 5.41) is 10.2. The average molecular weight is 709 g/mol. The van der Waals surface area contributed by atoms with Crippen molar-refractivity contribution < 1.29 is 22.6 Å². The molecule has 10 nitrogen and oxygen atoms in total. The number of alkyl halides is 1. The number of nitrogens with zero attached hydrogens (tertiary/aromatic N) is 6. The Bertz CT molecular complexity index is 2130. The molecule has 0 radical (unpaired) electrons. The maximum absolute atomic E-state index is 16.6. The van der Waals surface area contributed by atoms with Crippen molar-refractivity contribution >= 4 is 60.6 Å². The number of hydrogen-bond acceptors (Lipinski definition) is 11. The molecule has 5 aromatic rings. The summed E-state index contributed by atoms with van der Waals surface area (Å²) >= 11 is 7.79. The lowest BCUT2D eigenvalue weighted by Gasteiger charge is -2.30. The Morgan fingerprint density at radius 3 is 2.73 bits per heavy atom. The van der Waals surface area contributed by atoms with Crippen molar-refractivity contribution in [3.8, 4) is 29.0 Å². The molecular weight excluding hydrogens is 677 g/mol. The van der Waals surface area contributed by atoms with E-state index in [4.69, 9.17) is 32.5 Å². The average Bonchev–Trinajstić information content (AvgIpc) is 3.73. The molecule has 2 fully saturated rings. The van der Waals surface area contributed by atoms with Crippen molar-refractivity contribution in [2.75, 3.05) is 49.7 Å². The number of nitriles is 1. The number of ether oxygens (including phenoxy) is 2. The van der Waals surface area contributed by atoms with Crippen molar-refractivity contribution in [1.82, 2.24) is 19.9 Å². The second-order valence-electron chi connectivity index (χ2n) is 12.2. The van der Waals surface area contributed by atoms with E-state index in [-0.39, 0.29) is 72.1 Å². The van der Waals surface area contributed by atoms with E-state index in [1.165, 1.54) is 32.1 Å². The largest absolute Gasteiger partial charge is 0.489 e. The zero-order chi connectivity index (χ0) is 34.6. The maximum atomic E-state index is 16.6. The normalized spacial score (nSPS) is 19.2. The molecule has 49 heavy (non-hydrogen) atoms. The minimum atomic E-state index is -0.814. The third kappa shape index (κ3) is 5.59. The molecule has 0 spiro atoms. The summed E-state index contributed by atoms with van der Waals surface area (Å²) in [7, 11) is 1.38. The molecule has 0 aliphatic carbocycles. The topological polar surface area (TPSA) is 139 Å². The van der Waals surface area contributed by atoms with E-state index in [0.717, 1.165) is 29.9 Å². The van der Waals surface area contributed by atoms with Gasteiger partial charge in [-0.2, -0.15) is 15.2 Å². The van der Waals surface area contributed by atoms with Crippen LogP contribution in [-0.2, 0) is 0 Å². The third-order valence-corrected chi connectivity index (χ3v) is 10.8. The molecule has 3 atom stereocenters. The van der Waals surface area contributed by atoms with Crippen LogP contribution < -0.4 is 25.8 Å². The number of rotatable bonds is 4. The Labute approximate surface area is 289 Å². The van der Waals surface area contributed by atoms with Gasteiger partial charge in [-0.25, -0.2) is 18.2 Å². The number of hydrogen-bond donors (Lipinski definition) is 2. The van der Waals surface area contributed by atoms with Gasteiger partial charge in [0.25, 0.3) is 0 Å². The number of halogens is 4. The van der Waals surface area contributed by atoms with E-state index in [1.54, 1.807) is 12.3 Å². The monoisotopic (exact) mass is 708 g/mol. The summed E-state index contributed by atoms with van der Waals surface area (Å²) in [4.78, 5) is 17.3. The number of nitrogens with two attached hydrogens (primary N) is 2. The number of nitrogen functional groups attached to an aromatic ring is 2. The number of fused-ring (bicyclic) bond motifs is 2. The van der Waals surface area contributed by atoms with Crippen LogP contribution in [0, 0.1) is 23.0 Å². The number of benzene rings is 2. The van der Waals surface area contributed by atoms with Gasteiger partial charge >= 0.3 is 6.01 Å². The van der Waals surface area contributed by atoms with Crippen LogP contribution in [0.2, 0.25) is 5.02 Å². The molecule has 8 rings (SSSR count). The number of pyridine rings is 1. The lowest BCUT2D eigenvalue weighted by Crippen LogP contribution is -2.31. The Morgan fingerprint density at radius 2 is 2.00 bits per heavy atom. The lowest BCUT2D eigenvalue weighted by molar-refractivity contribution is 0.292. The van der Waals surface area contributed by atoms with Crippen LogP contribution in [0.4, 0.5) is 29.8 Å². The van der Waals surface area contributed by atoms with E-state index in [9.17, 15) is 14.0 Å². The van der Waals surface area contributed by atoms with Crippen molar-refractivity contribution in [3.63, 3.8) is 0 Å². The van der Waals surface area contributed by atoms with Gasteiger partial charge in [0.15, 0.2) is 11.6 Å². The minimum Gasteiger partial charge on any atom is -0.489 e. The van der Waals surface area contributed by atoms with Gasteiger partial charge < -0.3 is 25.8 Å². The molecule has 15 heteroatoms. The second kappa shape index (κ2) is 13.0. The Kier molecular flexibility index (Phi) is 8.76. The van der Waals surface area contributed by atoms with Crippen molar-refractivity contribution in [2.24, 2.45) is 0 Å². The number of anilines is 3. The zero-order valence-electron chi connectivity index (χ0n) is 26.6. The first-order valence-electron chi connectivity index (χ1n) is 15.8. The maximum Gasteiger partial charge on any atom is 0.318 e. The quantitative estimate of drug-likeness (QED) is 0.200. The van der Waals surface area contributed by atoms with E-state index in [1.807, 2.05) is 24.0 Å². The van der Waals surface area contributed by atoms with Gasteiger partial charge in [0.1, 0.15) is 46.8 Å². The molecule has 0 amide bonds. The van der Waals surface area contributed by atoms with Crippen LogP contribution in [-0.4, -0.2) is 65.4 Å². The summed E-state index contributed by atoms with van der Waals surface area (Å²) < 4.78 is 55.6. The first kappa shape index (κ1) is 32.9. The van der Waals surface area contributed by atoms with Crippen LogP contribution in [0.3, 0.4) is 0 Å². The fourth-order valence-electron chi connectivity index (χ4n) is 7.12. The summed E-state index contributed by atoms with van der Waals surface area (Å²) in [6.07, 6.45) is 4.41. The van der Waals surface area contributed by atoms with E-state index in [0.29, 0.717) is 30.8 Å². The second-order valence-corrected chi connectivity index (χ2v) is 13.6. The summed E-state index contributed by atoms with van der Waals surface area (Å²) in [5.74, 6) is -0.570. The van der Waals surface area contributed by atoms with Crippen LogP contribution in [0.25, 0.3) is 32.1 Å². The molecule has 3 unspecified atom stereocenters. The van der Waals surface area contributed by atoms with Crippen LogP contribution in [0.1, 0.15) is 43.4 Å². The van der Waals surface area contributed by atoms with Gasteiger partial charge in [0, 0.05) is 35.3 Å². The number of methoxy groups -OCH3 is 1. The SMILES string of the molecule is COc1nc2c3c(c(Cl)c(-c4ccc(F)c5sc(N)c(C#N)c45)c(F)c3n1)OCCN2C(C)c1cccnc1N.FC1CC2CCCN2C1. The van der Waals surface area contributed by atoms with Crippen LogP contribution >= 0.6 is 22.9 Å². The number of thiophene rings is 1. The smallest absolute Gasteiger partial charge is 0.318 e. The molecule has 0 bridgehead atoms. The molecule has 4 N–H and O–H groups in total.